The molecule has 0 aromatic carbocycles. The van der Waals surface area contributed by atoms with Crippen LogP contribution >= 0.6 is 30.9 Å². The van der Waals surface area contributed by atoms with E-state index in [2.05, 4.69) is 0 Å². The number of halogens is 2. The molecule has 0 radical (unpaired) electrons. The van der Waals surface area contributed by atoms with Gasteiger partial charge in [-0.3, -0.25) is 4.57 Å². The van der Waals surface area contributed by atoms with Gasteiger partial charge in [-0.1, -0.05) is 0 Å². The zero-order valence-corrected chi connectivity index (χ0v) is 8.32. The van der Waals surface area contributed by atoms with E-state index in [1.807, 2.05) is 0 Å². The maximum atomic E-state index is 10.8. The van der Waals surface area contributed by atoms with Crippen molar-refractivity contribution in [3.05, 3.63) is 0 Å². The van der Waals surface area contributed by atoms with E-state index in [1.165, 1.54) is 4.67 Å². The molecule has 0 aliphatic heterocycles. The van der Waals surface area contributed by atoms with E-state index >= 15 is 0 Å². The predicted octanol–water partition coefficient (Wildman–Crippen LogP) is 0.825. The Balaban J connectivity index is 3.99. The summed E-state index contributed by atoms with van der Waals surface area (Å²) in [5.74, 6) is 0.525. The third-order valence-electron chi connectivity index (χ3n) is 1.09. The first-order valence-corrected chi connectivity index (χ1v) is 5.76. The minimum Gasteiger partial charge on any atom is -0.322 e. The summed E-state index contributed by atoms with van der Waals surface area (Å²) in [5.41, 5.74) is 4.97. The van der Waals surface area contributed by atoms with Crippen molar-refractivity contribution in [2.75, 3.05) is 24.8 Å². The van der Waals surface area contributed by atoms with E-state index in [0.717, 1.165) is 0 Å². The average molecular weight is 222 g/mol. The fourth-order valence-electron chi connectivity index (χ4n) is 0.593. The Hall–Kier alpha value is 0.690. The van der Waals surface area contributed by atoms with Crippen molar-refractivity contribution in [1.82, 2.24) is 4.67 Å². The summed E-state index contributed by atoms with van der Waals surface area (Å²) in [4.78, 5) is 8.88. The number of hydrogen-bond acceptors (Lipinski definition) is 1. The van der Waals surface area contributed by atoms with E-state index in [4.69, 9.17) is 33.6 Å². The number of hydrogen-bond donors (Lipinski definition) is 2. The quantitative estimate of drug-likeness (QED) is 0.533. The molecule has 0 aliphatic carbocycles. The van der Waals surface area contributed by atoms with Gasteiger partial charge in [-0.2, -0.15) is 0 Å². The Labute approximate surface area is 75.8 Å². The first kappa shape index (κ1) is 11.7. The molecule has 0 saturated carbocycles. The molecule has 0 fully saturated rings. The Morgan fingerprint density at radius 1 is 1.36 bits per heavy atom. The maximum absolute atomic E-state index is 10.8. The van der Waals surface area contributed by atoms with E-state index in [9.17, 15) is 4.57 Å². The first-order valence-electron chi connectivity index (χ1n) is 3.01. The zero-order chi connectivity index (χ0) is 8.91. The molecule has 0 spiro atoms. The lowest BCUT2D eigenvalue weighted by Crippen LogP contribution is -2.28. The monoisotopic (exact) mass is 221 g/mol. The minimum absolute atomic E-state index is 0.263. The van der Waals surface area contributed by atoms with Crippen LogP contribution in [0.15, 0.2) is 0 Å². The molecule has 0 rings (SSSR count). The molecule has 0 aliphatic rings. The molecule has 0 aromatic heterocycles. The van der Waals surface area contributed by atoms with Crippen molar-refractivity contribution in [2.24, 2.45) is 5.50 Å². The van der Waals surface area contributed by atoms with Crippen LogP contribution in [0.2, 0.25) is 0 Å². The number of rotatable bonds is 5. The average Bonchev–Trinajstić information content (AvgIpc) is 1.85. The Morgan fingerprint density at radius 3 is 1.91 bits per heavy atom. The van der Waals surface area contributed by atoms with Gasteiger partial charge in [0, 0.05) is 24.8 Å². The largest absolute Gasteiger partial charge is 0.338 e. The van der Waals surface area contributed by atoms with Crippen molar-refractivity contribution in [3.63, 3.8) is 0 Å². The van der Waals surface area contributed by atoms with Gasteiger partial charge < -0.3 is 4.89 Å². The van der Waals surface area contributed by atoms with Gasteiger partial charge in [-0.15, -0.1) is 23.2 Å². The van der Waals surface area contributed by atoms with Gasteiger partial charge in [0.05, 0.1) is 0 Å². The predicted molar refractivity (Wildman–Crippen MR) is 47.0 cm³/mol. The molecule has 11 heavy (non-hydrogen) atoms. The molecule has 7 heteroatoms. The van der Waals surface area contributed by atoms with E-state index in [-0.39, 0.29) is 24.8 Å². The summed E-state index contributed by atoms with van der Waals surface area (Å²) in [6.45, 7) is 0.553. The van der Waals surface area contributed by atoms with Crippen LogP contribution in [0, 0.1) is 0 Å². The fourth-order valence-corrected chi connectivity index (χ4v) is 2.01. The Bertz CT molecular complexity index is 145. The van der Waals surface area contributed by atoms with Crippen molar-refractivity contribution < 1.29 is 9.46 Å². The van der Waals surface area contributed by atoms with Gasteiger partial charge in [0.2, 0.25) is 0 Å². The van der Waals surface area contributed by atoms with Crippen LogP contribution in [0.4, 0.5) is 0 Å². The number of alkyl halides is 2. The summed E-state index contributed by atoms with van der Waals surface area (Å²) >= 11 is 10.7. The van der Waals surface area contributed by atoms with Crippen LogP contribution in [-0.2, 0) is 4.57 Å². The summed E-state index contributed by atoms with van der Waals surface area (Å²) in [5, 5.41) is 0. The normalized spacial score (nSPS) is 16.8. The molecule has 1 unspecified atom stereocenters. The number of nitrogens with two attached hydrogens (primary N) is 1. The SMILES string of the molecule is NP(=O)([17OH])N(CCCl)CCCl. The molecular weight excluding hydrogens is 211 g/mol. The molecule has 0 heterocycles. The van der Waals surface area contributed by atoms with Crippen molar-refractivity contribution in [3.8, 4) is 0 Å². The maximum Gasteiger partial charge on any atom is 0.338 e. The van der Waals surface area contributed by atoms with Gasteiger partial charge in [0.15, 0.2) is 0 Å². The minimum atomic E-state index is -3.64. The van der Waals surface area contributed by atoms with E-state index in [0.29, 0.717) is 0 Å². The van der Waals surface area contributed by atoms with Gasteiger partial charge >= 0.3 is 7.67 Å². The Morgan fingerprint density at radius 2 is 1.73 bits per heavy atom. The van der Waals surface area contributed by atoms with Crippen LogP contribution in [0.1, 0.15) is 0 Å². The smallest absolute Gasteiger partial charge is 0.322 e. The molecule has 0 amide bonds. The summed E-state index contributed by atoms with van der Waals surface area (Å²) < 4.78 is 12.0. The second-order valence-electron chi connectivity index (χ2n) is 1.92. The highest BCUT2D eigenvalue weighted by Crippen LogP contribution is 2.34. The molecule has 4 nitrogen and oxygen atoms in total. The lowest BCUT2D eigenvalue weighted by atomic mass is 10.6. The summed E-state index contributed by atoms with van der Waals surface area (Å²) in [6.07, 6.45) is 0. The van der Waals surface area contributed by atoms with Gasteiger partial charge in [-0.05, 0) is 0 Å². The topological polar surface area (TPSA) is 66.6 Å². The van der Waals surface area contributed by atoms with Crippen LogP contribution in [0.25, 0.3) is 0 Å². The Kier molecular flexibility index (Phi) is 5.69. The summed E-state index contributed by atoms with van der Waals surface area (Å²) in [7, 11) is -3.64. The van der Waals surface area contributed by atoms with Crippen LogP contribution in [0.3, 0.4) is 0 Å². The second kappa shape index (κ2) is 5.36. The molecule has 0 aromatic rings. The third kappa shape index (κ3) is 5.01. The highest BCUT2D eigenvalue weighted by molar-refractivity contribution is 7.52. The lowest BCUT2D eigenvalue weighted by molar-refractivity contribution is 0.368. The highest BCUT2D eigenvalue weighted by atomic mass is 35.5. The summed E-state index contributed by atoms with van der Waals surface area (Å²) in [6, 6.07) is 0. The highest BCUT2D eigenvalue weighted by Gasteiger charge is 2.21. The van der Waals surface area contributed by atoms with Crippen molar-refractivity contribution in [1.29, 1.82) is 0 Å². The van der Waals surface area contributed by atoms with Crippen molar-refractivity contribution in [2.45, 2.75) is 0 Å². The second-order valence-corrected chi connectivity index (χ2v) is 4.42. The molecular formula is C4H11Cl2N2O2P. The van der Waals surface area contributed by atoms with Crippen molar-refractivity contribution >= 4 is 30.9 Å². The van der Waals surface area contributed by atoms with Crippen LogP contribution in [-0.4, -0.2) is 34.4 Å². The van der Waals surface area contributed by atoms with E-state index < -0.39 is 7.67 Å². The van der Waals surface area contributed by atoms with Gasteiger partial charge in [0.25, 0.3) is 0 Å². The standard InChI is InChI=1S/C4H11Cl2N2O2P/c5-1-3-8(4-2-6)11(7,9)10/h1-4H2,(H3,7,9,10)/i9+1. The molecule has 0 bridgehead atoms. The number of nitrogens with zero attached hydrogens (tertiary/aromatic N) is 1. The zero-order valence-electron chi connectivity index (χ0n) is 5.91. The van der Waals surface area contributed by atoms with Gasteiger partial charge in [0.1, 0.15) is 0 Å². The lowest BCUT2D eigenvalue weighted by Gasteiger charge is -2.21. The molecule has 68 valence electrons. The van der Waals surface area contributed by atoms with Gasteiger partial charge in [-0.25, -0.2) is 10.2 Å². The van der Waals surface area contributed by atoms with Crippen LogP contribution < -0.4 is 5.50 Å². The first-order chi connectivity index (χ1) is 5.02. The fraction of sp³-hybridized carbons (Fsp3) is 1.00. The van der Waals surface area contributed by atoms with E-state index in [1.54, 1.807) is 0 Å². The molecule has 1 atom stereocenters. The molecule has 0 saturated heterocycles. The van der Waals surface area contributed by atoms with Crippen LogP contribution in [0.5, 0.6) is 0 Å². The third-order valence-corrected chi connectivity index (χ3v) is 2.64. The molecule has 3 N–H and O–H groups in total.